The van der Waals surface area contributed by atoms with Crippen molar-refractivity contribution in [3.05, 3.63) is 10.2 Å². The predicted molar refractivity (Wildman–Crippen MR) is 118 cm³/mol. The normalized spacial score (nSPS) is 22.3. The van der Waals surface area contributed by atoms with Gasteiger partial charge in [0.2, 0.25) is 0 Å². The highest BCUT2D eigenvalue weighted by molar-refractivity contribution is 14.1. The third-order valence-corrected chi connectivity index (χ3v) is 3.69. The van der Waals surface area contributed by atoms with Crippen molar-refractivity contribution < 1.29 is 77.8 Å². The SMILES string of the molecule is Nc1nc(I)nc2c1ncn2[C@@H]1O[C@H](CO)[C@@H](O)[C@H]1O.O=P(O)(O)O.O=P(O)(O)O.O=P(O)(O)O. The van der Waals surface area contributed by atoms with Crippen molar-refractivity contribution >= 4 is 63.0 Å². The van der Waals surface area contributed by atoms with Crippen LogP contribution >= 0.6 is 46.1 Å². The lowest BCUT2D eigenvalue weighted by molar-refractivity contribution is -0.0511. The Morgan fingerprint density at radius 3 is 1.71 bits per heavy atom. The Balaban J connectivity index is 0.000000635. The van der Waals surface area contributed by atoms with E-state index in [0.29, 0.717) is 15.0 Å². The predicted octanol–water partition coefficient (Wildman–Crippen LogP) is -4.16. The summed E-state index contributed by atoms with van der Waals surface area (Å²) in [5, 5.41) is 28.9. The van der Waals surface area contributed by atoms with Crippen molar-refractivity contribution in [2.24, 2.45) is 0 Å². The third-order valence-electron chi connectivity index (χ3n) is 3.21. The van der Waals surface area contributed by atoms with Crippen LogP contribution in [0.25, 0.3) is 11.2 Å². The fourth-order valence-corrected chi connectivity index (χ4v) is 2.70. The second-order valence-corrected chi connectivity index (χ2v) is 10.0. The maximum absolute atomic E-state index is 10.0. The molecule has 0 spiro atoms. The van der Waals surface area contributed by atoms with Gasteiger partial charge in [0.1, 0.15) is 23.8 Å². The first kappa shape index (κ1) is 34.2. The van der Waals surface area contributed by atoms with Crippen LogP contribution in [0.3, 0.4) is 0 Å². The number of aliphatic hydroxyl groups excluding tert-OH is 3. The van der Waals surface area contributed by atoms with Crippen molar-refractivity contribution in [1.82, 2.24) is 19.5 Å². The number of nitrogen functional groups attached to an aromatic ring is 1. The summed E-state index contributed by atoms with van der Waals surface area (Å²) < 4.78 is 34.0. The molecule has 1 fully saturated rings. The molecule has 0 aromatic carbocycles. The summed E-state index contributed by atoms with van der Waals surface area (Å²) in [7, 11) is -13.9. The highest BCUT2D eigenvalue weighted by atomic mass is 127. The smallest absolute Gasteiger partial charge is 0.394 e. The van der Waals surface area contributed by atoms with Gasteiger partial charge in [-0.2, -0.15) is 0 Å². The number of aromatic nitrogens is 4. The Kier molecular flexibility index (Phi) is 13.4. The Labute approximate surface area is 207 Å². The summed E-state index contributed by atoms with van der Waals surface area (Å²) in [6.07, 6.45) is -2.71. The highest BCUT2D eigenvalue weighted by Gasteiger charge is 2.44. The molecule has 1 aliphatic heterocycles. The number of anilines is 1. The van der Waals surface area contributed by atoms with Crippen LogP contribution in [0.15, 0.2) is 6.33 Å². The van der Waals surface area contributed by atoms with Crippen LogP contribution in [0.2, 0.25) is 0 Å². The van der Waals surface area contributed by atoms with Gasteiger partial charge in [-0.15, -0.1) is 0 Å². The van der Waals surface area contributed by atoms with Gasteiger partial charge in [-0.1, -0.05) is 0 Å². The molecule has 21 nitrogen and oxygen atoms in total. The van der Waals surface area contributed by atoms with Gasteiger partial charge in [0, 0.05) is 22.6 Å². The molecule has 0 unspecified atom stereocenters. The van der Waals surface area contributed by atoms with E-state index in [-0.39, 0.29) is 5.82 Å². The van der Waals surface area contributed by atoms with Crippen molar-refractivity contribution in [2.45, 2.75) is 24.5 Å². The molecule has 0 radical (unpaired) electrons. The van der Waals surface area contributed by atoms with E-state index < -0.39 is 54.6 Å². The summed E-state index contributed by atoms with van der Waals surface area (Å²) in [5.41, 5.74) is 6.55. The van der Waals surface area contributed by atoms with E-state index in [0.717, 1.165) is 0 Å². The molecule has 3 rings (SSSR count). The number of rotatable bonds is 2. The van der Waals surface area contributed by atoms with Crippen LogP contribution in [-0.2, 0) is 18.4 Å². The summed E-state index contributed by atoms with van der Waals surface area (Å²) in [6.45, 7) is -0.393. The number of imidazole rings is 1. The number of phosphoric acid groups is 3. The molecule has 14 N–H and O–H groups in total. The van der Waals surface area contributed by atoms with Crippen LogP contribution < -0.4 is 5.73 Å². The van der Waals surface area contributed by atoms with Crippen LogP contribution in [0, 0.1) is 3.83 Å². The summed E-state index contributed by atoms with van der Waals surface area (Å²) >= 11 is 1.92. The van der Waals surface area contributed by atoms with Crippen molar-refractivity contribution in [3.8, 4) is 0 Å². The molecule has 3 heterocycles. The zero-order valence-corrected chi connectivity index (χ0v) is 21.5. The fourth-order valence-electron chi connectivity index (χ4n) is 2.21. The minimum Gasteiger partial charge on any atom is -0.394 e. The van der Waals surface area contributed by atoms with Gasteiger partial charge in [-0.25, -0.2) is 28.6 Å². The number of aliphatic hydroxyl groups is 3. The molecule has 2 aromatic heterocycles. The molecule has 2 aromatic rings. The molecule has 1 saturated heterocycles. The number of hydrogen-bond acceptors (Lipinski definition) is 11. The standard InChI is InChI=1S/C10H12IN5O4.3H3O4P/c11-10-14-7(12)4-8(15-10)16(2-13-4)9-6(19)5(18)3(1-17)20-9;3*1-5(2,3)4/h2-3,5-6,9,17-19H,1H2,(H2,12,14,15);3*(H3,1,2,3,4)/t3-,5-,6-,9-;;;/m1.../s1. The maximum atomic E-state index is 10.0. The third kappa shape index (κ3) is 15.2. The van der Waals surface area contributed by atoms with Crippen molar-refractivity contribution in [3.63, 3.8) is 0 Å². The van der Waals surface area contributed by atoms with E-state index in [1.54, 1.807) is 0 Å². The van der Waals surface area contributed by atoms with E-state index >= 15 is 0 Å². The molecule has 4 atom stereocenters. The van der Waals surface area contributed by atoms with Gasteiger partial charge in [-0.3, -0.25) is 4.57 Å². The van der Waals surface area contributed by atoms with E-state index in [9.17, 15) is 10.2 Å². The number of halogens is 1. The first-order valence-electron chi connectivity index (χ1n) is 8.15. The van der Waals surface area contributed by atoms with E-state index in [1.807, 2.05) is 22.6 Å². The van der Waals surface area contributed by atoms with Gasteiger partial charge in [0.15, 0.2) is 21.5 Å². The number of nitrogens with two attached hydrogens (primary N) is 1. The van der Waals surface area contributed by atoms with Crippen molar-refractivity contribution in [1.29, 1.82) is 0 Å². The second-order valence-electron chi connectivity index (χ2n) is 5.97. The first-order valence-corrected chi connectivity index (χ1v) is 13.9. The minimum atomic E-state index is -4.64. The minimum absolute atomic E-state index is 0.227. The van der Waals surface area contributed by atoms with Gasteiger partial charge >= 0.3 is 23.5 Å². The lowest BCUT2D eigenvalue weighted by atomic mass is 10.1. The molecular formula is C10H21IN5O16P3. The zero-order valence-electron chi connectivity index (χ0n) is 16.7. The molecule has 25 heteroatoms. The van der Waals surface area contributed by atoms with Crippen LogP contribution in [0.1, 0.15) is 6.23 Å². The lowest BCUT2D eigenvalue weighted by Gasteiger charge is -2.16. The summed E-state index contributed by atoms with van der Waals surface area (Å²) in [6, 6.07) is 0. The number of fused-ring (bicyclic) bond motifs is 1. The number of nitrogens with zero attached hydrogens (tertiary/aromatic N) is 4. The molecule has 1 aliphatic rings. The largest absolute Gasteiger partial charge is 0.466 e. The van der Waals surface area contributed by atoms with Crippen LogP contribution in [0.5, 0.6) is 0 Å². The number of ether oxygens (including phenoxy) is 1. The van der Waals surface area contributed by atoms with E-state index in [2.05, 4.69) is 15.0 Å². The van der Waals surface area contributed by atoms with Gasteiger partial charge in [-0.05, 0) is 0 Å². The zero-order chi connectivity index (χ0) is 27.9. The average Bonchev–Trinajstić information content (AvgIpc) is 3.12. The topological polar surface area (TPSA) is 373 Å². The maximum Gasteiger partial charge on any atom is 0.466 e. The molecular weight excluding hydrogens is 666 g/mol. The van der Waals surface area contributed by atoms with E-state index in [1.165, 1.54) is 10.9 Å². The first-order chi connectivity index (χ1) is 15.5. The quantitative estimate of drug-likeness (QED) is 0.0809. The van der Waals surface area contributed by atoms with Crippen molar-refractivity contribution in [2.75, 3.05) is 12.3 Å². The highest BCUT2D eigenvalue weighted by Crippen LogP contribution is 2.32. The van der Waals surface area contributed by atoms with Gasteiger partial charge in [0.25, 0.3) is 0 Å². The second kappa shape index (κ2) is 13.7. The summed E-state index contributed by atoms with van der Waals surface area (Å²) in [5.74, 6) is 0.227. The Morgan fingerprint density at radius 2 is 1.34 bits per heavy atom. The molecule has 0 bridgehead atoms. The Hall–Kier alpha value is -0.750. The molecule has 35 heavy (non-hydrogen) atoms. The molecule has 0 saturated carbocycles. The summed E-state index contributed by atoms with van der Waals surface area (Å²) in [4.78, 5) is 77.0. The Bertz CT molecular complexity index is 1030. The fraction of sp³-hybridized carbons (Fsp3) is 0.500. The monoisotopic (exact) mass is 687 g/mol. The molecule has 204 valence electrons. The van der Waals surface area contributed by atoms with Gasteiger partial charge < -0.3 is 69.8 Å². The van der Waals surface area contributed by atoms with Gasteiger partial charge in [0.05, 0.1) is 12.9 Å². The Morgan fingerprint density at radius 1 is 0.914 bits per heavy atom. The molecule has 0 aliphatic carbocycles. The molecule has 0 amide bonds. The van der Waals surface area contributed by atoms with Crippen LogP contribution in [-0.4, -0.2) is 104 Å². The van der Waals surface area contributed by atoms with E-state index in [4.69, 9.17) is 73.3 Å². The average molecular weight is 687 g/mol. The number of hydrogen-bond donors (Lipinski definition) is 13. The van der Waals surface area contributed by atoms with Crippen LogP contribution in [0.4, 0.5) is 5.82 Å². The lowest BCUT2D eigenvalue weighted by Crippen LogP contribution is -2.33.